The summed E-state index contributed by atoms with van der Waals surface area (Å²) in [6.45, 7) is 1.28. The molecule has 3 heterocycles. The third-order valence-electron chi connectivity index (χ3n) is 4.73. The van der Waals surface area contributed by atoms with Gasteiger partial charge in [-0.15, -0.1) is 21.7 Å². The Bertz CT molecular complexity index is 959. The van der Waals surface area contributed by atoms with Gasteiger partial charge in [-0.25, -0.2) is 0 Å². The van der Waals surface area contributed by atoms with Crippen LogP contribution in [-0.4, -0.2) is 57.8 Å². The fraction of sp³-hybridized carbons (Fsp3) is 0.500. The Morgan fingerprint density at radius 2 is 1.93 bits per heavy atom. The second-order valence-corrected chi connectivity index (χ2v) is 6.77. The molecule has 0 aromatic carbocycles. The maximum absolute atomic E-state index is 13.0. The molecule has 0 saturated carbocycles. The maximum atomic E-state index is 13.0. The van der Waals surface area contributed by atoms with Crippen molar-refractivity contribution in [3.05, 3.63) is 18.0 Å². The van der Waals surface area contributed by atoms with Crippen molar-refractivity contribution in [1.82, 2.24) is 30.4 Å². The summed E-state index contributed by atoms with van der Waals surface area (Å²) < 4.78 is 39.7. The maximum Gasteiger partial charge on any atom is 0.453 e. The first-order valence-electron chi connectivity index (χ1n) is 9.32. The van der Waals surface area contributed by atoms with Crippen LogP contribution in [0.4, 0.5) is 19.0 Å². The minimum atomic E-state index is -4.66. The molecule has 2 amide bonds. The minimum absolute atomic E-state index is 0.00613. The lowest BCUT2D eigenvalue weighted by Gasteiger charge is -2.32. The summed E-state index contributed by atoms with van der Waals surface area (Å²) in [4.78, 5) is 25.6. The number of carbonyl (C=O) groups is 2. The van der Waals surface area contributed by atoms with Crippen LogP contribution in [0.5, 0.6) is 0 Å². The van der Waals surface area contributed by atoms with Crippen molar-refractivity contribution >= 4 is 23.3 Å². The number of carbonyl (C=O) groups excluding carboxylic acids is 2. The summed E-state index contributed by atoms with van der Waals surface area (Å²) in [5, 5.41) is 15.9. The standard InChI is InChI=1S/C18H20F3N7O2/c1-2-8-22-15(29)5-9-23-16(30)12-6-10-27(11-7-12)14-4-3-13-24-25-17(18(19,20)21)28(13)26-14/h1,3-4,12H,5-11H2,(H,22,29)(H,23,30). The van der Waals surface area contributed by atoms with Crippen molar-refractivity contribution in [1.29, 1.82) is 0 Å². The normalized spacial score (nSPS) is 15.1. The molecule has 0 bridgehead atoms. The van der Waals surface area contributed by atoms with Crippen molar-refractivity contribution in [3.63, 3.8) is 0 Å². The number of rotatable bonds is 6. The van der Waals surface area contributed by atoms with Crippen molar-refractivity contribution in [3.8, 4) is 12.3 Å². The number of fused-ring (bicyclic) bond motifs is 1. The molecule has 0 spiro atoms. The lowest BCUT2D eigenvalue weighted by atomic mass is 9.96. The summed E-state index contributed by atoms with van der Waals surface area (Å²) in [5.74, 6) is 0.842. The number of alkyl halides is 3. The van der Waals surface area contributed by atoms with E-state index in [1.807, 2.05) is 4.90 Å². The number of nitrogens with one attached hydrogen (secondary N) is 2. The Morgan fingerprint density at radius 3 is 2.60 bits per heavy atom. The molecular weight excluding hydrogens is 403 g/mol. The smallest absolute Gasteiger partial charge is 0.355 e. The summed E-state index contributed by atoms with van der Waals surface area (Å²) in [7, 11) is 0. The Hall–Kier alpha value is -3.36. The molecular formula is C18H20F3N7O2. The lowest BCUT2D eigenvalue weighted by molar-refractivity contribution is -0.146. The van der Waals surface area contributed by atoms with Gasteiger partial charge in [-0.2, -0.15) is 17.7 Å². The number of hydrogen-bond acceptors (Lipinski definition) is 6. The van der Waals surface area contributed by atoms with Crippen LogP contribution < -0.4 is 15.5 Å². The second-order valence-electron chi connectivity index (χ2n) is 6.77. The molecule has 2 N–H and O–H groups in total. The molecule has 30 heavy (non-hydrogen) atoms. The summed E-state index contributed by atoms with van der Waals surface area (Å²) in [6.07, 6.45) is 1.56. The lowest BCUT2D eigenvalue weighted by Crippen LogP contribution is -2.41. The SMILES string of the molecule is C#CCNC(=O)CCNC(=O)C1CCN(c2ccc3nnc(C(F)(F)F)n3n2)CC1. The van der Waals surface area contributed by atoms with E-state index in [1.54, 1.807) is 6.07 Å². The number of anilines is 1. The molecule has 160 valence electrons. The second kappa shape index (κ2) is 8.98. The molecule has 0 unspecified atom stereocenters. The molecule has 3 rings (SSSR count). The van der Waals surface area contributed by atoms with Crippen LogP contribution in [-0.2, 0) is 15.8 Å². The predicted molar refractivity (Wildman–Crippen MR) is 100 cm³/mol. The van der Waals surface area contributed by atoms with E-state index in [-0.39, 0.29) is 42.9 Å². The molecule has 1 aliphatic heterocycles. The predicted octanol–water partition coefficient (Wildman–Crippen LogP) is 0.615. The Kier molecular flexibility index (Phi) is 6.39. The number of halogens is 3. The van der Waals surface area contributed by atoms with Crippen LogP contribution in [0.3, 0.4) is 0 Å². The van der Waals surface area contributed by atoms with Crippen LogP contribution in [0.25, 0.3) is 5.65 Å². The van der Waals surface area contributed by atoms with Gasteiger partial charge in [-0.3, -0.25) is 9.59 Å². The number of amides is 2. The molecule has 0 radical (unpaired) electrons. The number of piperidine rings is 1. The molecule has 2 aromatic rings. The van der Waals surface area contributed by atoms with E-state index in [0.717, 1.165) is 0 Å². The van der Waals surface area contributed by atoms with Gasteiger partial charge in [0.1, 0.15) is 5.82 Å². The molecule has 2 aromatic heterocycles. The van der Waals surface area contributed by atoms with E-state index in [2.05, 4.69) is 31.9 Å². The molecule has 0 aliphatic carbocycles. The van der Waals surface area contributed by atoms with Gasteiger partial charge in [-0.1, -0.05) is 5.92 Å². The Labute approximate surface area is 170 Å². The van der Waals surface area contributed by atoms with Crippen LogP contribution >= 0.6 is 0 Å². The van der Waals surface area contributed by atoms with Gasteiger partial charge in [0.05, 0.1) is 6.54 Å². The fourth-order valence-corrected chi connectivity index (χ4v) is 3.18. The zero-order chi connectivity index (χ0) is 21.7. The number of aromatic nitrogens is 4. The van der Waals surface area contributed by atoms with Gasteiger partial charge in [-0.05, 0) is 25.0 Å². The summed E-state index contributed by atoms with van der Waals surface area (Å²) in [6, 6.07) is 3.01. The number of hydrogen-bond donors (Lipinski definition) is 2. The quantitative estimate of drug-likeness (QED) is 0.660. The summed E-state index contributed by atoms with van der Waals surface area (Å²) in [5.41, 5.74) is 0.00613. The zero-order valence-electron chi connectivity index (χ0n) is 15.9. The van der Waals surface area contributed by atoms with Crippen LogP contribution in [0.2, 0.25) is 0 Å². The highest BCUT2D eigenvalue weighted by Gasteiger charge is 2.38. The third kappa shape index (κ3) is 4.97. The van der Waals surface area contributed by atoms with Crippen LogP contribution in [0.15, 0.2) is 12.1 Å². The molecule has 12 heteroatoms. The average molecular weight is 423 g/mol. The Balaban J connectivity index is 1.53. The van der Waals surface area contributed by atoms with E-state index < -0.39 is 12.0 Å². The zero-order valence-corrected chi connectivity index (χ0v) is 15.9. The minimum Gasteiger partial charge on any atom is -0.355 e. The first-order valence-corrected chi connectivity index (χ1v) is 9.32. The van der Waals surface area contributed by atoms with E-state index in [9.17, 15) is 22.8 Å². The van der Waals surface area contributed by atoms with Crippen LogP contribution in [0, 0.1) is 18.3 Å². The van der Waals surface area contributed by atoms with E-state index in [0.29, 0.717) is 36.3 Å². The monoisotopic (exact) mass is 423 g/mol. The van der Waals surface area contributed by atoms with Gasteiger partial charge >= 0.3 is 6.18 Å². The summed E-state index contributed by atoms with van der Waals surface area (Å²) >= 11 is 0. The first-order chi connectivity index (χ1) is 14.3. The van der Waals surface area contributed by atoms with Crippen molar-refractivity contribution in [2.24, 2.45) is 5.92 Å². The van der Waals surface area contributed by atoms with Gasteiger partial charge in [0, 0.05) is 32.0 Å². The van der Waals surface area contributed by atoms with Gasteiger partial charge in [0.15, 0.2) is 5.65 Å². The topological polar surface area (TPSA) is 105 Å². The molecule has 1 fully saturated rings. The van der Waals surface area contributed by atoms with Crippen LogP contribution in [0.1, 0.15) is 25.1 Å². The van der Waals surface area contributed by atoms with Gasteiger partial charge < -0.3 is 15.5 Å². The highest BCUT2D eigenvalue weighted by molar-refractivity contribution is 5.80. The highest BCUT2D eigenvalue weighted by atomic mass is 19.4. The Morgan fingerprint density at radius 1 is 1.20 bits per heavy atom. The van der Waals surface area contributed by atoms with Crippen molar-refractivity contribution in [2.75, 3.05) is 31.1 Å². The first kappa shape index (κ1) is 21.4. The van der Waals surface area contributed by atoms with Crippen molar-refractivity contribution in [2.45, 2.75) is 25.4 Å². The highest BCUT2D eigenvalue weighted by Crippen LogP contribution is 2.28. The van der Waals surface area contributed by atoms with E-state index >= 15 is 0 Å². The van der Waals surface area contributed by atoms with Gasteiger partial charge in [0.25, 0.3) is 5.82 Å². The third-order valence-corrected chi connectivity index (χ3v) is 4.73. The largest absolute Gasteiger partial charge is 0.453 e. The molecule has 1 saturated heterocycles. The van der Waals surface area contributed by atoms with E-state index in [1.165, 1.54) is 6.07 Å². The molecule has 9 nitrogen and oxygen atoms in total. The molecule has 0 atom stereocenters. The molecule has 1 aliphatic rings. The number of terminal acetylenes is 1. The average Bonchev–Trinajstić information content (AvgIpc) is 3.16. The van der Waals surface area contributed by atoms with E-state index in [4.69, 9.17) is 6.42 Å². The van der Waals surface area contributed by atoms with Gasteiger partial charge in [0.2, 0.25) is 11.8 Å². The van der Waals surface area contributed by atoms with Crippen molar-refractivity contribution < 1.29 is 22.8 Å². The number of nitrogens with zero attached hydrogens (tertiary/aromatic N) is 5. The fourth-order valence-electron chi connectivity index (χ4n) is 3.18.